The summed E-state index contributed by atoms with van der Waals surface area (Å²) in [6.07, 6.45) is 0. The van der Waals surface area contributed by atoms with Crippen LogP contribution in [0.25, 0.3) is 0 Å². The van der Waals surface area contributed by atoms with Gasteiger partial charge < -0.3 is 10.1 Å². The zero-order valence-electron chi connectivity index (χ0n) is 18.3. The molecule has 1 atom stereocenters. The zero-order chi connectivity index (χ0) is 21.7. The second-order valence-corrected chi connectivity index (χ2v) is 8.53. The summed E-state index contributed by atoms with van der Waals surface area (Å²) in [5.74, 6) is 0.625. The van der Waals surface area contributed by atoms with Crippen molar-refractivity contribution in [3.05, 3.63) is 88.5 Å². The van der Waals surface area contributed by atoms with Crippen LogP contribution in [0.3, 0.4) is 0 Å². The summed E-state index contributed by atoms with van der Waals surface area (Å²) in [6, 6.07) is 19.7. The molecule has 0 radical (unpaired) electrons. The normalized spacial score (nSPS) is 11.8. The highest BCUT2D eigenvalue weighted by Gasteiger charge is 2.25. The first-order valence-electron chi connectivity index (χ1n) is 10.2. The average molecular weight is 420 g/mol. The number of carbonyl (C=O) groups excluding carboxylic acids is 1. The molecule has 0 aliphatic rings. The van der Waals surface area contributed by atoms with Crippen molar-refractivity contribution in [3.63, 3.8) is 0 Å². The largest absolute Gasteiger partial charge is 0.492 e. The third-order valence-electron chi connectivity index (χ3n) is 5.32. The molecule has 0 saturated carbocycles. The number of para-hydroxylation sites is 2. The Kier molecular flexibility index (Phi) is 7.22. The molecule has 1 amide bonds. The van der Waals surface area contributed by atoms with Crippen LogP contribution in [0, 0.1) is 27.7 Å². The van der Waals surface area contributed by atoms with Crippen molar-refractivity contribution in [1.82, 2.24) is 0 Å². The fourth-order valence-corrected chi connectivity index (χ4v) is 4.80. The predicted molar refractivity (Wildman–Crippen MR) is 127 cm³/mol. The lowest BCUT2D eigenvalue weighted by Crippen LogP contribution is -2.20. The van der Waals surface area contributed by atoms with Crippen molar-refractivity contribution >= 4 is 23.4 Å². The minimum absolute atomic E-state index is 0.0590. The maximum atomic E-state index is 13.5. The van der Waals surface area contributed by atoms with Crippen molar-refractivity contribution < 1.29 is 9.53 Å². The van der Waals surface area contributed by atoms with Crippen molar-refractivity contribution in [3.8, 4) is 5.75 Å². The molecule has 3 aromatic rings. The number of hydrogen-bond acceptors (Lipinski definition) is 3. The quantitative estimate of drug-likeness (QED) is 0.428. The number of rotatable bonds is 7. The highest BCUT2D eigenvalue weighted by atomic mass is 32.2. The predicted octanol–water partition coefficient (Wildman–Crippen LogP) is 6.79. The van der Waals surface area contributed by atoms with Crippen LogP contribution in [0.4, 0.5) is 5.69 Å². The smallest absolute Gasteiger partial charge is 0.242 e. The molecule has 30 heavy (non-hydrogen) atoms. The van der Waals surface area contributed by atoms with Gasteiger partial charge in [0.05, 0.1) is 12.3 Å². The lowest BCUT2D eigenvalue weighted by Gasteiger charge is -2.22. The maximum Gasteiger partial charge on any atom is 0.242 e. The van der Waals surface area contributed by atoms with Crippen LogP contribution in [0.5, 0.6) is 5.75 Å². The van der Waals surface area contributed by atoms with Gasteiger partial charge in [0.25, 0.3) is 0 Å². The fraction of sp³-hybridized carbons (Fsp3) is 0.269. The number of benzene rings is 3. The van der Waals surface area contributed by atoms with Gasteiger partial charge in [-0.25, -0.2) is 0 Å². The number of aryl methyl sites for hydroxylation is 2. The Morgan fingerprint density at radius 2 is 1.53 bits per heavy atom. The van der Waals surface area contributed by atoms with E-state index in [1.54, 1.807) is 11.8 Å². The molecule has 0 saturated heterocycles. The fourth-order valence-electron chi connectivity index (χ4n) is 3.43. The molecule has 0 aliphatic heterocycles. The average Bonchev–Trinajstić information content (AvgIpc) is 2.74. The van der Waals surface area contributed by atoms with E-state index in [1.165, 1.54) is 27.1 Å². The van der Waals surface area contributed by atoms with E-state index >= 15 is 0 Å². The van der Waals surface area contributed by atoms with E-state index < -0.39 is 0 Å². The Balaban J connectivity index is 1.98. The van der Waals surface area contributed by atoms with E-state index in [9.17, 15) is 4.79 Å². The molecule has 3 aromatic carbocycles. The van der Waals surface area contributed by atoms with Gasteiger partial charge in [-0.05, 0) is 74.6 Å². The van der Waals surface area contributed by atoms with Crippen molar-refractivity contribution in [2.45, 2.75) is 44.8 Å². The van der Waals surface area contributed by atoms with E-state index in [1.807, 2.05) is 61.5 Å². The van der Waals surface area contributed by atoms with Crippen molar-refractivity contribution in [2.75, 3.05) is 11.9 Å². The van der Waals surface area contributed by atoms with E-state index in [0.29, 0.717) is 18.0 Å². The van der Waals surface area contributed by atoms with E-state index in [-0.39, 0.29) is 11.2 Å². The number of hydrogen-bond donors (Lipinski definition) is 1. The lowest BCUT2D eigenvalue weighted by molar-refractivity contribution is -0.115. The van der Waals surface area contributed by atoms with Crippen molar-refractivity contribution in [1.29, 1.82) is 0 Å². The van der Waals surface area contributed by atoms with Crippen LogP contribution in [0.1, 0.15) is 40.0 Å². The molecule has 3 rings (SSSR count). The third-order valence-corrected chi connectivity index (χ3v) is 6.89. The van der Waals surface area contributed by atoms with Crippen LogP contribution in [0.15, 0.2) is 65.6 Å². The number of amides is 1. The van der Waals surface area contributed by atoms with Gasteiger partial charge in [0.2, 0.25) is 5.91 Å². The molecule has 0 heterocycles. The molecular formula is C26H29NO2S. The number of carbonyl (C=O) groups is 1. The SMILES string of the molecule is CCOc1ccccc1NC(=O)[C@H](Sc1c(C)c(C)cc(C)c1C)c1ccccc1. The zero-order valence-corrected chi connectivity index (χ0v) is 19.1. The molecule has 1 N–H and O–H groups in total. The highest BCUT2D eigenvalue weighted by molar-refractivity contribution is 8.00. The number of anilines is 1. The summed E-state index contributed by atoms with van der Waals surface area (Å²) in [6.45, 7) is 11.0. The van der Waals surface area contributed by atoms with Gasteiger partial charge in [0.15, 0.2) is 0 Å². The van der Waals surface area contributed by atoms with Crippen molar-refractivity contribution in [2.24, 2.45) is 0 Å². The molecule has 0 bridgehead atoms. The van der Waals surface area contributed by atoms with Crippen LogP contribution < -0.4 is 10.1 Å². The molecule has 0 spiro atoms. The van der Waals surface area contributed by atoms with Crippen LogP contribution in [-0.4, -0.2) is 12.5 Å². The summed E-state index contributed by atoms with van der Waals surface area (Å²) in [4.78, 5) is 14.7. The second-order valence-electron chi connectivity index (χ2n) is 7.42. The Morgan fingerprint density at radius 3 is 2.17 bits per heavy atom. The topological polar surface area (TPSA) is 38.3 Å². The minimum Gasteiger partial charge on any atom is -0.492 e. The Labute approximate surface area is 183 Å². The Hall–Kier alpha value is -2.72. The summed E-state index contributed by atoms with van der Waals surface area (Å²) in [5.41, 5.74) is 6.62. The van der Waals surface area contributed by atoms with Crippen LogP contribution >= 0.6 is 11.8 Å². The van der Waals surface area contributed by atoms with Gasteiger partial charge in [0.1, 0.15) is 11.0 Å². The first kappa shape index (κ1) is 22.0. The van der Waals surface area contributed by atoms with Gasteiger partial charge in [-0.3, -0.25) is 4.79 Å². The molecule has 156 valence electrons. The van der Waals surface area contributed by atoms with Gasteiger partial charge in [0, 0.05) is 4.90 Å². The van der Waals surface area contributed by atoms with E-state index in [2.05, 4.69) is 39.1 Å². The molecular weight excluding hydrogens is 390 g/mol. The van der Waals surface area contributed by atoms with Crippen LogP contribution in [0.2, 0.25) is 0 Å². The maximum absolute atomic E-state index is 13.5. The molecule has 0 aromatic heterocycles. The minimum atomic E-state index is -0.375. The first-order valence-corrected chi connectivity index (χ1v) is 11.1. The number of nitrogens with one attached hydrogen (secondary N) is 1. The summed E-state index contributed by atoms with van der Waals surface area (Å²) >= 11 is 1.62. The molecule has 3 nitrogen and oxygen atoms in total. The van der Waals surface area contributed by atoms with Gasteiger partial charge in [-0.2, -0.15) is 0 Å². The van der Waals surface area contributed by atoms with Gasteiger partial charge in [-0.1, -0.05) is 48.5 Å². The highest BCUT2D eigenvalue weighted by Crippen LogP contribution is 2.41. The second kappa shape index (κ2) is 9.86. The molecule has 0 unspecified atom stereocenters. The van der Waals surface area contributed by atoms with E-state index in [0.717, 1.165) is 5.56 Å². The molecule has 0 fully saturated rings. The standard InChI is InChI=1S/C26H29NO2S/c1-6-29-23-15-11-10-14-22(23)27-26(28)25(21-12-8-7-9-13-21)30-24-19(4)17(2)16-18(3)20(24)5/h7-16,25H,6H2,1-5H3,(H,27,28)/t25-/m1/s1. The Bertz CT molecular complexity index is 1000. The third kappa shape index (κ3) is 4.88. The summed E-state index contributed by atoms with van der Waals surface area (Å²) in [5, 5.41) is 2.72. The number of thioether (sulfide) groups is 1. The summed E-state index contributed by atoms with van der Waals surface area (Å²) in [7, 11) is 0. The van der Waals surface area contributed by atoms with Gasteiger partial charge >= 0.3 is 0 Å². The van der Waals surface area contributed by atoms with Gasteiger partial charge in [-0.15, -0.1) is 11.8 Å². The number of ether oxygens (including phenoxy) is 1. The molecule has 4 heteroatoms. The first-order chi connectivity index (χ1) is 14.4. The van der Waals surface area contributed by atoms with E-state index in [4.69, 9.17) is 4.74 Å². The van der Waals surface area contributed by atoms with Crippen LogP contribution in [-0.2, 0) is 4.79 Å². The Morgan fingerprint density at radius 1 is 0.933 bits per heavy atom. The monoisotopic (exact) mass is 419 g/mol. The lowest BCUT2D eigenvalue weighted by atomic mass is 10.0. The molecule has 0 aliphatic carbocycles. The summed E-state index contributed by atoms with van der Waals surface area (Å²) < 4.78 is 5.69.